The number of hydrogen-bond donors (Lipinski definition) is 1. The first kappa shape index (κ1) is 19.2. The minimum absolute atomic E-state index is 0. The zero-order valence-corrected chi connectivity index (χ0v) is 13.2. The molecule has 1 atom stereocenters. The predicted octanol–water partition coefficient (Wildman–Crippen LogP) is 2.64. The lowest BCUT2D eigenvalue weighted by Crippen LogP contribution is -2.24. The summed E-state index contributed by atoms with van der Waals surface area (Å²) >= 11 is 0. The van der Waals surface area contributed by atoms with E-state index in [9.17, 15) is 13.2 Å². The Bertz CT molecular complexity index is 621. The van der Waals surface area contributed by atoms with E-state index in [2.05, 4.69) is 20.4 Å². The SMILES string of the molecule is CNC(C)Cc1noc(-c2cccnc2OCC(F)(F)F)n1.Cl. The molecule has 0 spiro atoms. The maximum absolute atomic E-state index is 12.3. The lowest BCUT2D eigenvalue weighted by atomic mass is 10.2. The molecule has 0 aliphatic heterocycles. The number of aromatic nitrogens is 3. The van der Waals surface area contributed by atoms with Crippen molar-refractivity contribution >= 4 is 12.4 Å². The Morgan fingerprint density at radius 3 is 2.78 bits per heavy atom. The molecule has 1 N–H and O–H groups in total. The highest BCUT2D eigenvalue weighted by atomic mass is 35.5. The fraction of sp³-hybridized carbons (Fsp3) is 0.462. The molecule has 0 bridgehead atoms. The van der Waals surface area contributed by atoms with E-state index in [1.165, 1.54) is 12.3 Å². The van der Waals surface area contributed by atoms with Gasteiger partial charge in [0.2, 0.25) is 5.88 Å². The van der Waals surface area contributed by atoms with Crippen molar-refractivity contribution in [1.82, 2.24) is 20.4 Å². The van der Waals surface area contributed by atoms with Crippen molar-refractivity contribution in [3.05, 3.63) is 24.2 Å². The van der Waals surface area contributed by atoms with Gasteiger partial charge in [0.25, 0.3) is 5.89 Å². The molecule has 0 amide bonds. The number of alkyl halides is 3. The van der Waals surface area contributed by atoms with E-state index >= 15 is 0 Å². The van der Waals surface area contributed by atoms with Crippen LogP contribution in [0.1, 0.15) is 12.7 Å². The van der Waals surface area contributed by atoms with Gasteiger partial charge in [0.1, 0.15) is 5.56 Å². The predicted molar refractivity (Wildman–Crippen MR) is 78.6 cm³/mol. The molecule has 2 aromatic heterocycles. The highest BCUT2D eigenvalue weighted by Crippen LogP contribution is 2.27. The van der Waals surface area contributed by atoms with Crippen molar-refractivity contribution in [2.45, 2.75) is 25.6 Å². The molecule has 2 heterocycles. The van der Waals surface area contributed by atoms with Crippen molar-refractivity contribution in [2.24, 2.45) is 0 Å². The lowest BCUT2D eigenvalue weighted by molar-refractivity contribution is -0.154. The summed E-state index contributed by atoms with van der Waals surface area (Å²) in [4.78, 5) is 7.94. The first-order valence-corrected chi connectivity index (χ1v) is 6.54. The summed E-state index contributed by atoms with van der Waals surface area (Å²) in [5.74, 6) is 0.322. The third-order valence-electron chi connectivity index (χ3n) is 2.82. The van der Waals surface area contributed by atoms with E-state index in [1.807, 2.05) is 6.92 Å². The van der Waals surface area contributed by atoms with Crippen LogP contribution in [0.15, 0.2) is 22.9 Å². The maximum Gasteiger partial charge on any atom is 0.422 e. The molecule has 0 saturated carbocycles. The Labute approximate surface area is 136 Å². The van der Waals surface area contributed by atoms with Crippen LogP contribution in [-0.2, 0) is 6.42 Å². The van der Waals surface area contributed by atoms with Gasteiger partial charge in [0.15, 0.2) is 12.4 Å². The van der Waals surface area contributed by atoms with Crippen molar-refractivity contribution in [3.63, 3.8) is 0 Å². The molecule has 2 aromatic rings. The van der Waals surface area contributed by atoms with Crippen molar-refractivity contribution in [2.75, 3.05) is 13.7 Å². The number of pyridine rings is 1. The van der Waals surface area contributed by atoms with E-state index in [0.29, 0.717) is 12.2 Å². The van der Waals surface area contributed by atoms with Gasteiger partial charge in [-0.05, 0) is 26.1 Å². The van der Waals surface area contributed by atoms with Gasteiger partial charge in [0.05, 0.1) is 0 Å². The molecule has 0 saturated heterocycles. The molecule has 0 radical (unpaired) electrons. The van der Waals surface area contributed by atoms with Crippen molar-refractivity contribution < 1.29 is 22.4 Å². The summed E-state index contributed by atoms with van der Waals surface area (Å²) in [5.41, 5.74) is 0.225. The number of hydrogen-bond acceptors (Lipinski definition) is 6. The van der Waals surface area contributed by atoms with Crippen molar-refractivity contribution in [3.8, 4) is 17.3 Å². The first-order valence-electron chi connectivity index (χ1n) is 6.54. The summed E-state index contributed by atoms with van der Waals surface area (Å²) in [6, 6.07) is 3.20. The summed E-state index contributed by atoms with van der Waals surface area (Å²) in [7, 11) is 1.80. The zero-order valence-electron chi connectivity index (χ0n) is 12.4. The average Bonchev–Trinajstić information content (AvgIpc) is 2.93. The second kappa shape index (κ2) is 8.11. The molecular formula is C13H16ClF3N4O2. The highest BCUT2D eigenvalue weighted by molar-refractivity contribution is 5.85. The molecular weight excluding hydrogens is 337 g/mol. The lowest BCUT2D eigenvalue weighted by Gasteiger charge is -2.09. The summed E-state index contributed by atoms with van der Waals surface area (Å²) in [5, 5.41) is 6.83. The summed E-state index contributed by atoms with van der Waals surface area (Å²) in [6.07, 6.45) is -2.59. The normalized spacial score (nSPS) is 12.6. The Hall–Kier alpha value is -1.87. The van der Waals surface area contributed by atoms with Crippen LogP contribution in [0.25, 0.3) is 11.5 Å². The van der Waals surface area contributed by atoms with E-state index in [1.54, 1.807) is 13.1 Å². The molecule has 10 heteroatoms. The standard InChI is InChI=1S/C13H15F3N4O2.ClH/c1-8(17-2)6-10-19-12(22-20-10)9-4-3-5-18-11(9)21-7-13(14,15)16;/h3-5,8,17H,6-7H2,1-2H3;1H. The van der Waals surface area contributed by atoms with Gasteiger partial charge in [0, 0.05) is 18.7 Å². The van der Waals surface area contributed by atoms with Crippen LogP contribution in [0.3, 0.4) is 0 Å². The monoisotopic (exact) mass is 352 g/mol. The van der Waals surface area contributed by atoms with Gasteiger partial charge >= 0.3 is 6.18 Å². The minimum Gasteiger partial charge on any atom is -0.467 e. The molecule has 1 unspecified atom stereocenters. The van der Waals surface area contributed by atoms with Crippen LogP contribution in [-0.4, -0.2) is 41.0 Å². The Balaban J connectivity index is 0.00000264. The smallest absolute Gasteiger partial charge is 0.422 e. The van der Waals surface area contributed by atoms with Crippen LogP contribution in [0.5, 0.6) is 5.88 Å². The van der Waals surface area contributed by atoms with Crippen LogP contribution in [0, 0.1) is 0 Å². The quantitative estimate of drug-likeness (QED) is 0.861. The molecule has 0 aliphatic carbocycles. The highest BCUT2D eigenvalue weighted by Gasteiger charge is 2.29. The average molecular weight is 353 g/mol. The van der Waals surface area contributed by atoms with Crippen molar-refractivity contribution in [1.29, 1.82) is 0 Å². The van der Waals surface area contributed by atoms with E-state index in [4.69, 9.17) is 9.26 Å². The molecule has 0 aromatic carbocycles. The Morgan fingerprint density at radius 1 is 1.39 bits per heavy atom. The number of nitrogens with zero attached hydrogens (tertiary/aromatic N) is 3. The number of ether oxygens (including phenoxy) is 1. The topological polar surface area (TPSA) is 73.1 Å². The first-order chi connectivity index (χ1) is 10.4. The van der Waals surface area contributed by atoms with Gasteiger partial charge in [-0.3, -0.25) is 0 Å². The Kier molecular flexibility index (Phi) is 6.77. The van der Waals surface area contributed by atoms with Crippen LogP contribution >= 0.6 is 12.4 Å². The molecule has 0 aliphatic rings. The largest absolute Gasteiger partial charge is 0.467 e. The van der Waals surface area contributed by atoms with Crippen LogP contribution < -0.4 is 10.1 Å². The van der Waals surface area contributed by atoms with Gasteiger partial charge in [-0.2, -0.15) is 18.2 Å². The minimum atomic E-state index is -4.45. The third-order valence-corrected chi connectivity index (χ3v) is 2.82. The molecule has 2 rings (SSSR count). The molecule has 128 valence electrons. The van der Waals surface area contributed by atoms with Gasteiger partial charge in [-0.1, -0.05) is 5.16 Å². The second-order valence-electron chi connectivity index (χ2n) is 4.67. The number of nitrogens with one attached hydrogen (secondary N) is 1. The van der Waals surface area contributed by atoms with Gasteiger partial charge < -0.3 is 14.6 Å². The molecule has 6 nitrogen and oxygen atoms in total. The van der Waals surface area contributed by atoms with E-state index in [-0.39, 0.29) is 35.8 Å². The van der Waals surface area contributed by atoms with Gasteiger partial charge in [-0.25, -0.2) is 4.98 Å². The van der Waals surface area contributed by atoms with Crippen LogP contribution in [0.4, 0.5) is 13.2 Å². The van der Waals surface area contributed by atoms with E-state index in [0.717, 1.165) is 0 Å². The zero-order chi connectivity index (χ0) is 16.2. The number of likely N-dealkylation sites (N-methyl/N-ethyl adjacent to an activating group) is 1. The van der Waals surface area contributed by atoms with Gasteiger partial charge in [-0.15, -0.1) is 12.4 Å². The van der Waals surface area contributed by atoms with Crippen LogP contribution in [0.2, 0.25) is 0 Å². The second-order valence-corrected chi connectivity index (χ2v) is 4.67. The number of rotatable bonds is 6. The summed E-state index contributed by atoms with van der Waals surface area (Å²) in [6.45, 7) is 0.507. The van der Waals surface area contributed by atoms with E-state index < -0.39 is 12.8 Å². The molecule has 23 heavy (non-hydrogen) atoms. The fourth-order valence-electron chi connectivity index (χ4n) is 1.64. The third kappa shape index (κ3) is 5.68. The summed E-state index contributed by atoms with van der Waals surface area (Å²) < 4.78 is 46.5. The molecule has 0 fully saturated rings. The Morgan fingerprint density at radius 2 is 2.13 bits per heavy atom. The number of halogens is 4. The fourth-order valence-corrected chi connectivity index (χ4v) is 1.64. The maximum atomic E-state index is 12.3.